The molecule has 0 spiro atoms. The van der Waals surface area contributed by atoms with Crippen LogP contribution >= 0.6 is 0 Å². The van der Waals surface area contributed by atoms with E-state index in [0.717, 1.165) is 44.2 Å². The van der Waals surface area contributed by atoms with Crippen LogP contribution in [0.3, 0.4) is 0 Å². The number of nitrogens with one attached hydrogen (secondary N) is 3. The summed E-state index contributed by atoms with van der Waals surface area (Å²) in [4.78, 5) is 8.52. The Morgan fingerprint density at radius 3 is 2.67 bits per heavy atom. The quantitative estimate of drug-likeness (QED) is 0.702. The van der Waals surface area contributed by atoms with Gasteiger partial charge in [0.2, 0.25) is 5.95 Å². The van der Waals surface area contributed by atoms with Crippen LogP contribution < -0.4 is 16.0 Å². The minimum absolute atomic E-state index is 0.708. The average Bonchev–Trinajstić information content (AvgIpc) is 2.42. The second-order valence-corrected chi connectivity index (χ2v) is 4.77. The minimum Gasteiger partial charge on any atom is -0.355 e. The average molecular weight is 249 g/mol. The maximum absolute atomic E-state index is 4.26. The molecule has 1 aliphatic heterocycles. The molecule has 100 valence electrons. The number of aromatic nitrogens is 2. The van der Waals surface area contributed by atoms with E-state index < -0.39 is 0 Å². The standard InChI is InChI=1S/C13H23N5/c1-2-16-13-17-9-12(10-18-13)8-15-7-11-3-5-14-6-4-11/h9-11,14-15H,2-8H2,1H3,(H,16,17,18). The first kappa shape index (κ1) is 13.2. The normalized spacial score (nSPS) is 16.7. The van der Waals surface area contributed by atoms with Gasteiger partial charge >= 0.3 is 0 Å². The smallest absolute Gasteiger partial charge is 0.222 e. The Bertz CT molecular complexity index is 332. The highest BCUT2D eigenvalue weighted by molar-refractivity contribution is 5.24. The maximum atomic E-state index is 4.26. The molecule has 2 heterocycles. The van der Waals surface area contributed by atoms with E-state index in [1.807, 2.05) is 19.3 Å². The Balaban J connectivity index is 1.69. The third-order valence-corrected chi connectivity index (χ3v) is 3.26. The Hall–Kier alpha value is -1.20. The van der Waals surface area contributed by atoms with Gasteiger partial charge in [-0.2, -0.15) is 0 Å². The van der Waals surface area contributed by atoms with Gasteiger partial charge in [0.25, 0.3) is 0 Å². The molecule has 0 bridgehead atoms. The van der Waals surface area contributed by atoms with E-state index in [-0.39, 0.29) is 0 Å². The van der Waals surface area contributed by atoms with Crippen LogP contribution in [0.15, 0.2) is 12.4 Å². The summed E-state index contributed by atoms with van der Waals surface area (Å²) >= 11 is 0. The van der Waals surface area contributed by atoms with Crippen molar-refractivity contribution in [3.05, 3.63) is 18.0 Å². The zero-order chi connectivity index (χ0) is 12.6. The van der Waals surface area contributed by atoms with Crippen molar-refractivity contribution in [2.75, 3.05) is 31.5 Å². The van der Waals surface area contributed by atoms with Crippen LogP contribution in [0.2, 0.25) is 0 Å². The fourth-order valence-corrected chi connectivity index (χ4v) is 2.20. The van der Waals surface area contributed by atoms with Gasteiger partial charge in [0, 0.05) is 31.0 Å². The van der Waals surface area contributed by atoms with Crippen molar-refractivity contribution in [2.45, 2.75) is 26.3 Å². The van der Waals surface area contributed by atoms with Gasteiger partial charge in [-0.25, -0.2) is 9.97 Å². The van der Waals surface area contributed by atoms with Crippen LogP contribution in [0.5, 0.6) is 0 Å². The van der Waals surface area contributed by atoms with Gasteiger partial charge in [-0.05, 0) is 45.3 Å². The van der Waals surface area contributed by atoms with Gasteiger partial charge in [-0.1, -0.05) is 0 Å². The van der Waals surface area contributed by atoms with Gasteiger partial charge in [0.15, 0.2) is 0 Å². The molecule has 0 unspecified atom stereocenters. The molecule has 0 amide bonds. The van der Waals surface area contributed by atoms with Crippen molar-refractivity contribution in [1.82, 2.24) is 20.6 Å². The summed E-state index contributed by atoms with van der Waals surface area (Å²) < 4.78 is 0. The molecule has 18 heavy (non-hydrogen) atoms. The lowest BCUT2D eigenvalue weighted by Gasteiger charge is -2.22. The largest absolute Gasteiger partial charge is 0.355 e. The van der Waals surface area contributed by atoms with Gasteiger partial charge in [-0.3, -0.25) is 0 Å². The van der Waals surface area contributed by atoms with Gasteiger partial charge in [0.1, 0.15) is 0 Å². The first-order chi connectivity index (χ1) is 8.88. The van der Waals surface area contributed by atoms with E-state index in [1.165, 1.54) is 12.8 Å². The summed E-state index contributed by atoms with van der Waals surface area (Å²) in [6.07, 6.45) is 6.34. The van der Waals surface area contributed by atoms with Crippen molar-refractivity contribution < 1.29 is 0 Å². The molecule has 1 aromatic heterocycles. The molecule has 0 atom stereocenters. The van der Waals surface area contributed by atoms with E-state index in [2.05, 4.69) is 25.9 Å². The molecule has 0 aliphatic carbocycles. The summed E-state index contributed by atoms with van der Waals surface area (Å²) in [5.41, 5.74) is 1.14. The SMILES string of the molecule is CCNc1ncc(CNCC2CCNCC2)cn1. The molecular formula is C13H23N5. The van der Waals surface area contributed by atoms with E-state index >= 15 is 0 Å². The Morgan fingerprint density at radius 2 is 2.00 bits per heavy atom. The Labute approximate surface area is 109 Å². The molecule has 1 aliphatic rings. The Kier molecular flexibility index (Phi) is 5.36. The van der Waals surface area contributed by atoms with E-state index in [9.17, 15) is 0 Å². The number of hydrogen-bond acceptors (Lipinski definition) is 5. The van der Waals surface area contributed by atoms with E-state index in [1.54, 1.807) is 0 Å². The van der Waals surface area contributed by atoms with Crippen LogP contribution in [-0.4, -0.2) is 36.1 Å². The topological polar surface area (TPSA) is 61.9 Å². The van der Waals surface area contributed by atoms with Crippen molar-refractivity contribution >= 4 is 5.95 Å². The summed E-state index contributed by atoms with van der Waals surface area (Å²) in [6.45, 7) is 7.16. The zero-order valence-electron chi connectivity index (χ0n) is 11.1. The monoisotopic (exact) mass is 249 g/mol. The second-order valence-electron chi connectivity index (χ2n) is 4.77. The molecule has 0 aromatic carbocycles. The molecule has 0 saturated carbocycles. The third-order valence-electron chi connectivity index (χ3n) is 3.26. The third kappa shape index (κ3) is 4.23. The molecule has 1 saturated heterocycles. The number of anilines is 1. The molecule has 3 N–H and O–H groups in total. The first-order valence-electron chi connectivity index (χ1n) is 6.84. The predicted molar refractivity (Wildman–Crippen MR) is 73.5 cm³/mol. The molecule has 1 fully saturated rings. The fourth-order valence-electron chi connectivity index (χ4n) is 2.20. The van der Waals surface area contributed by atoms with Crippen LogP contribution in [0.25, 0.3) is 0 Å². The fraction of sp³-hybridized carbons (Fsp3) is 0.692. The first-order valence-corrected chi connectivity index (χ1v) is 6.84. The number of hydrogen-bond donors (Lipinski definition) is 3. The molecule has 0 radical (unpaired) electrons. The van der Waals surface area contributed by atoms with Gasteiger partial charge in [-0.15, -0.1) is 0 Å². The van der Waals surface area contributed by atoms with E-state index in [4.69, 9.17) is 0 Å². The van der Waals surface area contributed by atoms with Gasteiger partial charge in [0.05, 0.1) is 0 Å². The van der Waals surface area contributed by atoms with Crippen molar-refractivity contribution in [2.24, 2.45) is 5.92 Å². The van der Waals surface area contributed by atoms with Crippen molar-refractivity contribution in [1.29, 1.82) is 0 Å². The molecule has 5 heteroatoms. The van der Waals surface area contributed by atoms with Crippen LogP contribution in [0, 0.1) is 5.92 Å². The molecule has 1 aromatic rings. The van der Waals surface area contributed by atoms with Crippen LogP contribution in [0.4, 0.5) is 5.95 Å². The summed E-state index contributed by atoms with van der Waals surface area (Å²) in [5, 5.41) is 9.97. The van der Waals surface area contributed by atoms with Crippen molar-refractivity contribution in [3.63, 3.8) is 0 Å². The highest BCUT2D eigenvalue weighted by Crippen LogP contribution is 2.10. The lowest BCUT2D eigenvalue weighted by atomic mass is 9.98. The predicted octanol–water partition coefficient (Wildman–Crippen LogP) is 0.998. The second kappa shape index (κ2) is 7.28. The maximum Gasteiger partial charge on any atom is 0.222 e. The minimum atomic E-state index is 0.708. The number of nitrogens with zero attached hydrogens (tertiary/aromatic N) is 2. The number of rotatable bonds is 6. The summed E-state index contributed by atoms with van der Waals surface area (Å²) in [6, 6.07) is 0. The number of piperidine rings is 1. The van der Waals surface area contributed by atoms with Crippen LogP contribution in [-0.2, 0) is 6.54 Å². The van der Waals surface area contributed by atoms with Crippen molar-refractivity contribution in [3.8, 4) is 0 Å². The van der Waals surface area contributed by atoms with E-state index in [0.29, 0.717) is 5.95 Å². The van der Waals surface area contributed by atoms with Crippen LogP contribution in [0.1, 0.15) is 25.3 Å². The summed E-state index contributed by atoms with van der Waals surface area (Å²) in [7, 11) is 0. The highest BCUT2D eigenvalue weighted by atomic mass is 15.1. The highest BCUT2D eigenvalue weighted by Gasteiger charge is 2.11. The lowest BCUT2D eigenvalue weighted by molar-refractivity contribution is 0.356. The lowest BCUT2D eigenvalue weighted by Crippen LogP contribution is -2.33. The zero-order valence-corrected chi connectivity index (χ0v) is 11.1. The summed E-state index contributed by atoms with van der Waals surface area (Å²) in [5.74, 6) is 1.52. The molecular weight excluding hydrogens is 226 g/mol. The Morgan fingerprint density at radius 1 is 1.28 bits per heavy atom. The van der Waals surface area contributed by atoms with Gasteiger partial charge < -0.3 is 16.0 Å². The molecule has 5 nitrogen and oxygen atoms in total. The molecule has 2 rings (SSSR count).